The van der Waals surface area contributed by atoms with Crippen LogP contribution in [0, 0.1) is 6.92 Å². The van der Waals surface area contributed by atoms with Crippen molar-refractivity contribution in [2.75, 3.05) is 23.7 Å². The third kappa shape index (κ3) is 8.13. The molecule has 0 aliphatic carbocycles. The zero-order valence-corrected chi connectivity index (χ0v) is 22.7. The maximum absolute atomic E-state index is 13.2. The largest absolute Gasteiger partial charge is 0.354 e. The minimum Gasteiger partial charge on any atom is -0.354 e. The average molecular weight is 553 g/mol. The summed E-state index contributed by atoms with van der Waals surface area (Å²) in [5, 5.41) is 2.86. The Balaban J connectivity index is 2.15. The number of rotatable bonds is 12. The summed E-state index contributed by atoms with van der Waals surface area (Å²) in [6, 6.07) is 14.2. The molecule has 0 unspecified atom stereocenters. The number of amides is 2. The topological polar surface area (TPSA) is 86.8 Å². The molecule has 1 N–H and O–H groups in total. The van der Waals surface area contributed by atoms with Gasteiger partial charge in [0.05, 0.1) is 11.9 Å². The Kier molecular flexibility index (Phi) is 10.6. The molecule has 2 aromatic rings. The lowest BCUT2D eigenvalue weighted by molar-refractivity contribution is -0.140. The normalized spacial score (nSPS) is 12.1. The molecule has 7 nitrogen and oxygen atoms in total. The van der Waals surface area contributed by atoms with Gasteiger partial charge in [-0.1, -0.05) is 53.2 Å². The van der Waals surface area contributed by atoms with E-state index < -0.39 is 16.1 Å². The van der Waals surface area contributed by atoms with Crippen LogP contribution in [-0.4, -0.2) is 50.5 Å². The maximum Gasteiger partial charge on any atom is 0.242 e. The van der Waals surface area contributed by atoms with Crippen molar-refractivity contribution in [2.45, 2.75) is 52.6 Å². The van der Waals surface area contributed by atoms with Gasteiger partial charge in [0.15, 0.2) is 0 Å². The SMILES string of the molecule is CCCNC(=O)[C@H](C)N(Cc1ccc(Br)cc1)C(=O)CCCN(c1ccccc1C)S(C)(=O)=O. The van der Waals surface area contributed by atoms with Crippen molar-refractivity contribution in [3.63, 3.8) is 0 Å². The summed E-state index contributed by atoms with van der Waals surface area (Å²) >= 11 is 3.41. The number of hydrogen-bond acceptors (Lipinski definition) is 4. The van der Waals surface area contributed by atoms with Crippen molar-refractivity contribution < 1.29 is 18.0 Å². The number of carbonyl (C=O) groups excluding carboxylic acids is 2. The number of benzene rings is 2. The lowest BCUT2D eigenvalue weighted by Gasteiger charge is -2.29. The molecule has 0 aromatic heterocycles. The Morgan fingerprint density at radius 1 is 1.09 bits per heavy atom. The molecule has 2 aromatic carbocycles. The molecule has 0 bridgehead atoms. The quantitative estimate of drug-likeness (QED) is 0.427. The number of anilines is 1. The molecule has 186 valence electrons. The fourth-order valence-corrected chi connectivity index (χ4v) is 4.88. The van der Waals surface area contributed by atoms with E-state index in [1.54, 1.807) is 24.0 Å². The molecule has 2 amide bonds. The molecule has 0 saturated heterocycles. The van der Waals surface area contributed by atoms with Gasteiger partial charge in [-0.05, 0) is 56.0 Å². The van der Waals surface area contributed by atoms with E-state index in [0.29, 0.717) is 25.2 Å². The van der Waals surface area contributed by atoms with Crippen molar-refractivity contribution in [2.24, 2.45) is 0 Å². The van der Waals surface area contributed by atoms with Crippen molar-refractivity contribution in [1.29, 1.82) is 0 Å². The molecule has 0 saturated carbocycles. The van der Waals surface area contributed by atoms with Gasteiger partial charge in [-0.15, -0.1) is 0 Å². The van der Waals surface area contributed by atoms with Crippen LogP contribution in [0.4, 0.5) is 5.69 Å². The highest BCUT2D eigenvalue weighted by molar-refractivity contribution is 9.10. The van der Waals surface area contributed by atoms with Crippen LogP contribution in [0.2, 0.25) is 0 Å². The number of aryl methyl sites for hydroxylation is 1. The molecule has 0 fully saturated rings. The molecule has 9 heteroatoms. The van der Waals surface area contributed by atoms with Gasteiger partial charge in [-0.2, -0.15) is 0 Å². The van der Waals surface area contributed by atoms with Crippen LogP contribution in [0.25, 0.3) is 0 Å². The van der Waals surface area contributed by atoms with Gasteiger partial charge in [0.25, 0.3) is 0 Å². The molecule has 0 aliphatic heterocycles. The molecule has 0 radical (unpaired) electrons. The molecule has 0 aliphatic rings. The Hall–Kier alpha value is -2.39. The van der Waals surface area contributed by atoms with Crippen LogP contribution in [0.15, 0.2) is 53.0 Å². The van der Waals surface area contributed by atoms with Gasteiger partial charge < -0.3 is 10.2 Å². The first-order chi connectivity index (χ1) is 16.0. The summed E-state index contributed by atoms with van der Waals surface area (Å²) in [5.41, 5.74) is 2.36. The highest BCUT2D eigenvalue weighted by Crippen LogP contribution is 2.23. The third-order valence-corrected chi connectivity index (χ3v) is 7.23. The highest BCUT2D eigenvalue weighted by Gasteiger charge is 2.26. The van der Waals surface area contributed by atoms with E-state index in [2.05, 4.69) is 21.2 Å². The average Bonchev–Trinajstić information content (AvgIpc) is 2.79. The molecule has 0 heterocycles. The smallest absolute Gasteiger partial charge is 0.242 e. The van der Waals surface area contributed by atoms with Crippen molar-refractivity contribution in [1.82, 2.24) is 10.2 Å². The van der Waals surface area contributed by atoms with Crippen LogP contribution >= 0.6 is 15.9 Å². The first-order valence-corrected chi connectivity index (χ1v) is 14.0. The van der Waals surface area contributed by atoms with Gasteiger partial charge >= 0.3 is 0 Å². The van der Waals surface area contributed by atoms with Gasteiger partial charge in [0.2, 0.25) is 21.8 Å². The Bertz CT molecular complexity index is 1070. The molecule has 1 atom stereocenters. The molecule has 2 rings (SSSR count). The standard InChI is InChI=1S/C25H34BrN3O4S/c1-5-16-27-25(31)20(3)28(18-21-12-14-22(26)15-13-21)24(30)11-8-17-29(34(4,32)33)23-10-7-6-9-19(23)2/h6-7,9-10,12-15,20H,5,8,11,16-18H2,1-4H3,(H,27,31)/t20-/m0/s1. The van der Waals surface area contributed by atoms with Crippen LogP contribution < -0.4 is 9.62 Å². The van der Waals surface area contributed by atoms with Crippen LogP contribution in [-0.2, 0) is 26.2 Å². The molecular formula is C25H34BrN3O4S. The Labute approximate surface area is 211 Å². The maximum atomic E-state index is 13.2. The lowest BCUT2D eigenvalue weighted by atomic mass is 10.1. The van der Waals surface area contributed by atoms with Crippen molar-refractivity contribution >= 4 is 43.5 Å². The van der Waals surface area contributed by atoms with Crippen molar-refractivity contribution in [3.8, 4) is 0 Å². The zero-order chi connectivity index (χ0) is 25.3. The highest BCUT2D eigenvalue weighted by atomic mass is 79.9. The summed E-state index contributed by atoms with van der Waals surface area (Å²) < 4.78 is 27.1. The van der Waals surface area contributed by atoms with Gasteiger partial charge in [-0.25, -0.2) is 8.42 Å². The number of carbonyl (C=O) groups is 2. The predicted molar refractivity (Wildman–Crippen MR) is 140 cm³/mol. The van der Waals surface area contributed by atoms with E-state index in [0.717, 1.165) is 22.0 Å². The second-order valence-corrected chi connectivity index (χ2v) is 11.2. The Morgan fingerprint density at radius 3 is 2.32 bits per heavy atom. The number of para-hydroxylation sites is 1. The van der Waals surface area contributed by atoms with Gasteiger partial charge in [-0.3, -0.25) is 13.9 Å². The first-order valence-electron chi connectivity index (χ1n) is 11.4. The summed E-state index contributed by atoms with van der Waals surface area (Å²) in [4.78, 5) is 27.4. The number of nitrogens with zero attached hydrogens (tertiary/aromatic N) is 2. The van der Waals surface area contributed by atoms with E-state index in [9.17, 15) is 18.0 Å². The molecular weight excluding hydrogens is 518 g/mol. The van der Waals surface area contributed by atoms with E-state index >= 15 is 0 Å². The van der Waals surface area contributed by atoms with E-state index in [1.807, 2.05) is 50.2 Å². The zero-order valence-electron chi connectivity index (χ0n) is 20.3. The summed E-state index contributed by atoms with van der Waals surface area (Å²) in [7, 11) is -3.51. The Morgan fingerprint density at radius 2 is 1.74 bits per heavy atom. The summed E-state index contributed by atoms with van der Waals surface area (Å²) in [5.74, 6) is -0.398. The third-order valence-electron chi connectivity index (χ3n) is 5.52. The number of halogens is 1. The van der Waals surface area contributed by atoms with Gasteiger partial charge in [0, 0.05) is 30.5 Å². The van der Waals surface area contributed by atoms with E-state index in [1.165, 1.54) is 10.6 Å². The van der Waals surface area contributed by atoms with E-state index in [-0.39, 0.29) is 24.8 Å². The fourth-order valence-electron chi connectivity index (χ4n) is 3.59. The second kappa shape index (κ2) is 12.9. The van der Waals surface area contributed by atoms with Crippen LogP contribution in [0.1, 0.15) is 44.2 Å². The minimum atomic E-state index is -3.51. The molecule has 0 spiro atoms. The number of sulfonamides is 1. The second-order valence-electron chi connectivity index (χ2n) is 8.34. The fraction of sp³-hybridized carbons (Fsp3) is 0.440. The number of hydrogen-bond donors (Lipinski definition) is 1. The van der Waals surface area contributed by atoms with Crippen LogP contribution in [0.3, 0.4) is 0 Å². The minimum absolute atomic E-state index is 0.125. The van der Waals surface area contributed by atoms with Crippen LogP contribution in [0.5, 0.6) is 0 Å². The lowest BCUT2D eigenvalue weighted by Crippen LogP contribution is -2.47. The monoisotopic (exact) mass is 551 g/mol. The molecule has 34 heavy (non-hydrogen) atoms. The predicted octanol–water partition coefficient (Wildman–Crippen LogP) is 4.25. The number of nitrogens with one attached hydrogen (secondary N) is 1. The first kappa shape index (κ1) is 27.9. The van der Waals surface area contributed by atoms with Gasteiger partial charge in [0.1, 0.15) is 6.04 Å². The van der Waals surface area contributed by atoms with Crippen molar-refractivity contribution in [3.05, 3.63) is 64.1 Å². The summed E-state index contributed by atoms with van der Waals surface area (Å²) in [6.07, 6.45) is 2.43. The summed E-state index contributed by atoms with van der Waals surface area (Å²) in [6.45, 7) is 6.56. The van der Waals surface area contributed by atoms with E-state index in [4.69, 9.17) is 0 Å².